The number of nitrogens with one attached hydrogen (secondary N) is 1. The van der Waals surface area contributed by atoms with Crippen LogP contribution in [0.4, 0.5) is 10.1 Å². The van der Waals surface area contributed by atoms with Gasteiger partial charge in [-0.15, -0.1) is 0 Å². The number of hydrogen-bond donors (Lipinski definition) is 1. The van der Waals surface area contributed by atoms with Gasteiger partial charge in [-0.2, -0.15) is 0 Å². The van der Waals surface area contributed by atoms with Gasteiger partial charge < -0.3 is 9.73 Å². The number of carbonyl (C=O) groups excluding carboxylic acids is 1. The number of amides is 1. The first-order chi connectivity index (χ1) is 13.9. The smallest absolute Gasteiger partial charge is 0.255 e. The summed E-state index contributed by atoms with van der Waals surface area (Å²) in [5, 5.41) is 3.13. The summed E-state index contributed by atoms with van der Waals surface area (Å²) in [7, 11) is 0. The second-order valence-corrected chi connectivity index (χ2v) is 7.46. The maximum atomic E-state index is 13.1. The van der Waals surface area contributed by atoms with E-state index in [0.29, 0.717) is 39.2 Å². The summed E-state index contributed by atoms with van der Waals surface area (Å²) in [4.78, 5) is 17.0. The van der Waals surface area contributed by atoms with Crippen molar-refractivity contribution in [1.82, 2.24) is 4.98 Å². The molecule has 29 heavy (non-hydrogen) atoms. The van der Waals surface area contributed by atoms with E-state index in [0.717, 1.165) is 5.52 Å². The van der Waals surface area contributed by atoms with Crippen LogP contribution < -0.4 is 5.32 Å². The van der Waals surface area contributed by atoms with Crippen molar-refractivity contribution in [2.45, 2.75) is 19.8 Å². The molecule has 1 amide bonds. The average molecular weight is 409 g/mol. The molecule has 0 aliphatic rings. The largest absolute Gasteiger partial charge is 0.436 e. The molecule has 1 aromatic heterocycles. The number of benzene rings is 3. The molecule has 1 heterocycles. The summed E-state index contributed by atoms with van der Waals surface area (Å²) in [6.45, 7) is 4.24. The number of carbonyl (C=O) groups is 1. The lowest BCUT2D eigenvalue weighted by Gasteiger charge is -2.08. The van der Waals surface area contributed by atoms with Gasteiger partial charge >= 0.3 is 0 Å². The van der Waals surface area contributed by atoms with Crippen molar-refractivity contribution in [2.24, 2.45) is 0 Å². The minimum Gasteiger partial charge on any atom is -0.436 e. The number of anilines is 1. The van der Waals surface area contributed by atoms with Gasteiger partial charge in [-0.05, 0) is 66.1 Å². The Morgan fingerprint density at radius 1 is 1.07 bits per heavy atom. The van der Waals surface area contributed by atoms with Crippen LogP contribution in [0.5, 0.6) is 0 Å². The quantitative estimate of drug-likeness (QED) is 0.410. The molecule has 0 saturated carbocycles. The van der Waals surface area contributed by atoms with E-state index in [1.54, 1.807) is 18.2 Å². The average Bonchev–Trinajstić information content (AvgIpc) is 3.13. The van der Waals surface area contributed by atoms with Crippen LogP contribution in [-0.4, -0.2) is 10.9 Å². The number of oxazole rings is 1. The molecule has 0 aliphatic heterocycles. The fraction of sp³-hybridized carbons (Fsp3) is 0.130. The summed E-state index contributed by atoms with van der Waals surface area (Å²) in [6.07, 6.45) is 0. The van der Waals surface area contributed by atoms with Crippen LogP contribution in [0.15, 0.2) is 65.1 Å². The molecule has 4 nitrogen and oxygen atoms in total. The lowest BCUT2D eigenvalue weighted by molar-refractivity contribution is 0.102. The monoisotopic (exact) mass is 408 g/mol. The highest BCUT2D eigenvalue weighted by molar-refractivity contribution is 6.34. The van der Waals surface area contributed by atoms with Crippen molar-refractivity contribution in [1.29, 1.82) is 0 Å². The Labute approximate surface area is 172 Å². The molecular formula is C23H18ClFN2O2. The molecule has 0 saturated heterocycles. The van der Waals surface area contributed by atoms with Crippen LogP contribution in [0.25, 0.3) is 22.6 Å². The minimum absolute atomic E-state index is 0.330. The van der Waals surface area contributed by atoms with Crippen molar-refractivity contribution in [3.63, 3.8) is 0 Å². The van der Waals surface area contributed by atoms with Crippen molar-refractivity contribution in [3.8, 4) is 11.5 Å². The number of aromatic nitrogens is 1. The van der Waals surface area contributed by atoms with Gasteiger partial charge in [-0.3, -0.25) is 4.79 Å². The van der Waals surface area contributed by atoms with E-state index in [9.17, 15) is 9.18 Å². The third kappa shape index (κ3) is 4.00. The van der Waals surface area contributed by atoms with Gasteiger partial charge in [0.2, 0.25) is 5.89 Å². The fourth-order valence-corrected chi connectivity index (χ4v) is 3.14. The van der Waals surface area contributed by atoms with Gasteiger partial charge in [-0.1, -0.05) is 31.5 Å². The number of hydrogen-bond acceptors (Lipinski definition) is 3. The Morgan fingerprint density at radius 3 is 2.55 bits per heavy atom. The second kappa shape index (κ2) is 7.68. The Kier molecular flexibility index (Phi) is 5.07. The SMILES string of the molecule is CC(C)c1ccc2oc(-c3ccc(Cl)c(NC(=O)c4ccc(F)cc4)c3)nc2c1. The molecule has 0 unspecified atom stereocenters. The summed E-state index contributed by atoms with van der Waals surface area (Å²) in [6, 6.07) is 16.4. The van der Waals surface area contributed by atoms with E-state index in [1.165, 1.54) is 29.8 Å². The van der Waals surface area contributed by atoms with Crippen molar-refractivity contribution in [2.75, 3.05) is 5.32 Å². The van der Waals surface area contributed by atoms with Crippen molar-refractivity contribution in [3.05, 3.63) is 82.6 Å². The van der Waals surface area contributed by atoms with Crippen LogP contribution in [0, 0.1) is 5.82 Å². The predicted octanol–water partition coefficient (Wildman–Crippen LogP) is 6.66. The summed E-state index contributed by atoms with van der Waals surface area (Å²) < 4.78 is 18.9. The van der Waals surface area contributed by atoms with E-state index < -0.39 is 5.82 Å². The maximum Gasteiger partial charge on any atom is 0.255 e. The zero-order valence-electron chi connectivity index (χ0n) is 15.9. The van der Waals surface area contributed by atoms with Crippen LogP contribution in [0.3, 0.4) is 0 Å². The van der Waals surface area contributed by atoms with E-state index in [4.69, 9.17) is 16.0 Å². The summed E-state index contributed by atoms with van der Waals surface area (Å²) >= 11 is 6.25. The first-order valence-corrected chi connectivity index (χ1v) is 9.56. The van der Waals surface area contributed by atoms with Gasteiger partial charge in [0.05, 0.1) is 10.7 Å². The molecule has 0 fully saturated rings. The zero-order chi connectivity index (χ0) is 20.5. The Hall–Kier alpha value is -3.18. The number of fused-ring (bicyclic) bond motifs is 1. The molecule has 0 bridgehead atoms. The Bertz CT molecular complexity index is 1200. The molecular weight excluding hydrogens is 391 g/mol. The van der Waals surface area contributed by atoms with Gasteiger partial charge in [-0.25, -0.2) is 9.37 Å². The third-order valence-corrected chi connectivity index (χ3v) is 4.98. The molecule has 0 aliphatic carbocycles. The van der Waals surface area contributed by atoms with Gasteiger partial charge in [0.15, 0.2) is 5.58 Å². The second-order valence-electron chi connectivity index (χ2n) is 7.06. The molecule has 4 rings (SSSR count). The first kappa shape index (κ1) is 19.2. The maximum absolute atomic E-state index is 13.1. The van der Waals surface area contributed by atoms with E-state index >= 15 is 0 Å². The molecule has 0 radical (unpaired) electrons. The summed E-state index contributed by atoms with van der Waals surface area (Å²) in [5.74, 6) is 0.0413. The molecule has 6 heteroatoms. The normalized spacial score (nSPS) is 11.2. The molecule has 4 aromatic rings. The highest BCUT2D eigenvalue weighted by Crippen LogP contribution is 2.31. The lowest BCUT2D eigenvalue weighted by atomic mass is 10.0. The van der Waals surface area contributed by atoms with Crippen LogP contribution >= 0.6 is 11.6 Å². The molecule has 0 spiro atoms. The molecule has 0 atom stereocenters. The van der Waals surface area contributed by atoms with Crippen LogP contribution in [0.2, 0.25) is 5.02 Å². The standard InChI is InChI=1S/C23H18ClFN2O2/c1-13(2)15-6-10-21-20(11-15)27-23(29-21)16-5-9-18(24)19(12-16)26-22(28)14-3-7-17(25)8-4-14/h3-13H,1-2H3,(H,26,28). The lowest BCUT2D eigenvalue weighted by Crippen LogP contribution is -2.12. The van der Waals surface area contributed by atoms with E-state index in [2.05, 4.69) is 24.1 Å². The minimum atomic E-state index is -0.404. The van der Waals surface area contributed by atoms with Crippen molar-refractivity contribution >= 4 is 34.3 Å². The van der Waals surface area contributed by atoms with Crippen LogP contribution in [-0.2, 0) is 0 Å². The zero-order valence-corrected chi connectivity index (χ0v) is 16.6. The summed E-state index contributed by atoms with van der Waals surface area (Å²) in [5.41, 5.74) is 4.08. The highest BCUT2D eigenvalue weighted by Gasteiger charge is 2.14. The predicted molar refractivity (Wildman–Crippen MR) is 113 cm³/mol. The number of halogens is 2. The molecule has 3 aromatic carbocycles. The van der Waals surface area contributed by atoms with E-state index in [1.807, 2.05) is 18.2 Å². The Balaban J connectivity index is 1.65. The van der Waals surface area contributed by atoms with Crippen molar-refractivity contribution < 1.29 is 13.6 Å². The van der Waals surface area contributed by atoms with Gasteiger partial charge in [0.25, 0.3) is 5.91 Å². The number of rotatable bonds is 4. The first-order valence-electron chi connectivity index (χ1n) is 9.18. The van der Waals surface area contributed by atoms with E-state index in [-0.39, 0.29) is 5.91 Å². The molecule has 146 valence electrons. The highest BCUT2D eigenvalue weighted by atomic mass is 35.5. The van der Waals surface area contributed by atoms with Gasteiger partial charge in [0, 0.05) is 11.1 Å². The van der Waals surface area contributed by atoms with Crippen LogP contribution in [0.1, 0.15) is 35.7 Å². The molecule has 1 N–H and O–H groups in total. The Morgan fingerprint density at radius 2 is 1.83 bits per heavy atom. The third-order valence-electron chi connectivity index (χ3n) is 4.65. The van der Waals surface area contributed by atoms with Gasteiger partial charge in [0.1, 0.15) is 11.3 Å². The fourth-order valence-electron chi connectivity index (χ4n) is 2.98. The number of nitrogens with zero attached hydrogens (tertiary/aromatic N) is 1. The topological polar surface area (TPSA) is 55.1 Å².